The second-order valence-corrected chi connectivity index (χ2v) is 4.85. The lowest BCUT2D eigenvalue weighted by atomic mass is 10.1. The molecular weight excluding hydrogens is 315 g/mol. The van der Waals surface area contributed by atoms with Crippen molar-refractivity contribution in [1.82, 2.24) is 4.98 Å². The highest BCUT2D eigenvalue weighted by atomic mass is 79.9. The summed E-state index contributed by atoms with van der Waals surface area (Å²) in [5.41, 5.74) is 1.39. The summed E-state index contributed by atoms with van der Waals surface area (Å²) in [6.45, 7) is 0. The zero-order chi connectivity index (χ0) is 13.0. The summed E-state index contributed by atoms with van der Waals surface area (Å²) < 4.78 is 13.2. The maximum atomic E-state index is 13.2. The van der Waals surface area contributed by atoms with Crippen LogP contribution in [0.15, 0.2) is 23.6 Å². The molecule has 1 aromatic carbocycles. The van der Waals surface area contributed by atoms with Crippen LogP contribution in [0.2, 0.25) is 0 Å². The molecule has 0 atom stereocenters. The summed E-state index contributed by atoms with van der Waals surface area (Å²) in [4.78, 5) is 4.25. The fourth-order valence-corrected chi connectivity index (χ4v) is 2.39. The molecule has 1 heterocycles. The van der Waals surface area contributed by atoms with Gasteiger partial charge in [0.25, 0.3) is 0 Å². The lowest BCUT2D eigenvalue weighted by Crippen LogP contribution is -1.83. The minimum Gasteiger partial charge on any atom is -0.232 e. The van der Waals surface area contributed by atoms with Crippen LogP contribution in [0, 0.1) is 29.0 Å². The van der Waals surface area contributed by atoms with Crippen LogP contribution >= 0.6 is 27.3 Å². The number of nitriles is 1. The van der Waals surface area contributed by atoms with E-state index in [0.717, 1.165) is 5.01 Å². The third-order valence-electron chi connectivity index (χ3n) is 2.03. The highest BCUT2D eigenvalue weighted by Crippen LogP contribution is 2.12. The van der Waals surface area contributed by atoms with E-state index in [9.17, 15) is 4.39 Å². The fourth-order valence-electron chi connectivity index (χ4n) is 1.29. The first-order valence-electron chi connectivity index (χ1n) is 4.94. The second-order valence-electron chi connectivity index (χ2n) is 3.35. The summed E-state index contributed by atoms with van der Waals surface area (Å²) in [7, 11) is 0. The molecule has 0 aliphatic heterocycles. The molecule has 0 aliphatic carbocycles. The third kappa shape index (κ3) is 3.16. The lowest BCUT2D eigenvalue weighted by Gasteiger charge is -1.92. The smallest absolute Gasteiger partial charge is 0.125 e. The molecule has 88 valence electrons. The number of hydrogen-bond acceptors (Lipinski definition) is 3. The van der Waals surface area contributed by atoms with Crippen LogP contribution in [0.4, 0.5) is 4.39 Å². The van der Waals surface area contributed by atoms with Crippen LogP contribution in [0.5, 0.6) is 0 Å². The van der Waals surface area contributed by atoms with Gasteiger partial charge >= 0.3 is 0 Å². The summed E-state index contributed by atoms with van der Waals surface area (Å²) in [5, 5.41) is 12.2. The summed E-state index contributed by atoms with van der Waals surface area (Å²) in [6, 6.07) is 5.92. The number of benzene rings is 1. The van der Waals surface area contributed by atoms with Gasteiger partial charge in [0.05, 0.1) is 17.0 Å². The Kier molecular flexibility index (Phi) is 4.09. The van der Waals surface area contributed by atoms with Gasteiger partial charge in [-0.05, 0) is 24.1 Å². The Morgan fingerprint density at radius 1 is 1.28 bits per heavy atom. The van der Waals surface area contributed by atoms with Gasteiger partial charge in [0.1, 0.15) is 16.5 Å². The molecule has 0 bridgehead atoms. The van der Waals surface area contributed by atoms with Gasteiger partial charge in [0, 0.05) is 10.9 Å². The average Bonchev–Trinajstić information content (AvgIpc) is 2.83. The van der Waals surface area contributed by atoms with Crippen molar-refractivity contribution in [1.29, 1.82) is 5.26 Å². The molecule has 0 unspecified atom stereocenters. The van der Waals surface area contributed by atoms with E-state index in [1.165, 1.54) is 23.5 Å². The van der Waals surface area contributed by atoms with E-state index in [-0.39, 0.29) is 5.56 Å². The van der Waals surface area contributed by atoms with E-state index in [2.05, 4.69) is 32.8 Å². The molecule has 5 heteroatoms. The first-order valence-corrected chi connectivity index (χ1v) is 6.94. The Balaban J connectivity index is 2.29. The molecule has 0 aliphatic rings. The predicted molar refractivity (Wildman–Crippen MR) is 71.8 cm³/mol. The van der Waals surface area contributed by atoms with Gasteiger partial charge in [-0.25, -0.2) is 9.37 Å². The minimum atomic E-state index is -0.460. The van der Waals surface area contributed by atoms with Crippen LogP contribution in [0.25, 0.3) is 0 Å². The van der Waals surface area contributed by atoms with Crippen LogP contribution in [0.3, 0.4) is 0 Å². The minimum absolute atomic E-state index is 0.263. The largest absolute Gasteiger partial charge is 0.232 e. The van der Waals surface area contributed by atoms with Gasteiger partial charge in [0.2, 0.25) is 0 Å². The zero-order valence-electron chi connectivity index (χ0n) is 9.08. The van der Waals surface area contributed by atoms with Crippen LogP contribution in [0.1, 0.15) is 21.8 Å². The lowest BCUT2D eigenvalue weighted by molar-refractivity contribution is 0.627. The van der Waals surface area contributed by atoms with Gasteiger partial charge in [-0.15, -0.1) is 11.3 Å². The Hall–Kier alpha value is -1.69. The van der Waals surface area contributed by atoms with Crippen molar-refractivity contribution in [3.8, 4) is 17.9 Å². The van der Waals surface area contributed by atoms with Crippen molar-refractivity contribution in [2.75, 3.05) is 0 Å². The van der Waals surface area contributed by atoms with Gasteiger partial charge in [-0.2, -0.15) is 5.26 Å². The summed E-state index contributed by atoms with van der Waals surface area (Å²) in [5.74, 6) is 5.19. The van der Waals surface area contributed by atoms with E-state index in [1.807, 2.05) is 11.4 Å². The summed E-state index contributed by atoms with van der Waals surface area (Å²) >= 11 is 4.82. The number of nitrogens with zero attached hydrogens (tertiary/aromatic N) is 2. The fraction of sp³-hybridized carbons (Fsp3) is 0.0769. The molecule has 2 aromatic rings. The van der Waals surface area contributed by atoms with Crippen molar-refractivity contribution >= 4 is 27.3 Å². The second kappa shape index (κ2) is 5.77. The first-order chi connectivity index (χ1) is 8.71. The Morgan fingerprint density at radius 3 is 2.72 bits per heavy atom. The zero-order valence-corrected chi connectivity index (χ0v) is 11.5. The quantitative estimate of drug-likeness (QED) is 0.596. The number of halogens is 2. The molecule has 0 amide bonds. The Morgan fingerprint density at radius 2 is 2.06 bits per heavy atom. The SMILES string of the molecule is N#Cc1cc(F)cc(C#Cc2csc(CBr)n2)c1. The van der Waals surface area contributed by atoms with Crippen LogP contribution in [-0.2, 0) is 5.33 Å². The highest BCUT2D eigenvalue weighted by molar-refractivity contribution is 9.08. The molecule has 18 heavy (non-hydrogen) atoms. The van der Waals surface area contributed by atoms with Crippen molar-refractivity contribution in [3.05, 3.63) is 51.2 Å². The molecule has 0 saturated heterocycles. The molecule has 2 rings (SSSR count). The van der Waals surface area contributed by atoms with Gasteiger partial charge in [-0.1, -0.05) is 21.9 Å². The predicted octanol–water partition coefficient (Wildman–Crippen LogP) is 3.45. The van der Waals surface area contributed by atoms with E-state index >= 15 is 0 Å². The molecule has 2 nitrogen and oxygen atoms in total. The van der Waals surface area contributed by atoms with Crippen molar-refractivity contribution < 1.29 is 4.39 Å². The number of rotatable bonds is 1. The molecule has 1 aromatic heterocycles. The third-order valence-corrected chi connectivity index (χ3v) is 3.78. The van der Waals surface area contributed by atoms with E-state index in [1.54, 1.807) is 6.07 Å². The number of alkyl halides is 1. The first kappa shape index (κ1) is 12.8. The van der Waals surface area contributed by atoms with Gasteiger partial charge in [-0.3, -0.25) is 0 Å². The molecule has 0 fully saturated rings. The van der Waals surface area contributed by atoms with Crippen molar-refractivity contribution in [2.45, 2.75) is 5.33 Å². The maximum Gasteiger partial charge on any atom is 0.125 e. The van der Waals surface area contributed by atoms with E-state index < -0.39 is 5.82 Å². The molecule has 0 radical (unpaired) electrons. The normalized spacial score (nSPS) is 9.39. The highest BCUT2D eigenvalue weighted by Gasteiger charge is 1.99. The Bertz CT molecular complexity index is 676. The van der Waals surface area contributed by atoms with Crippen molar-refractivity contribution in [2.24, 2.45) is 0 Å². The molecule has 0 N–H and O–H groups in total. The molecule has 0 spiro atoms. The monoisotopic (exact) mass is 320 g/mol. The topological polar surface area (TPSA) is 36.7 Å². The standard InChI is InChI=1S/C13H6BrFN2S/c14-6-13-17-12(8-18-13)2-1-9-3-10(7-16)5-11(15)4-9/h3-5,8H,6H2. The molecular formula is C13H6BrFN2S. The molecule has 0 saturated carbocycles. The number of hydrogen-bond donors (Lipinski definition) is 0. The van der Waals surface area contributed by atoms with E-state index in [0.29, 0.717) is 16.6 Å². The summed E-state index contributed by atoms with van der Waals surface area (Å²) in [6.07, 6.45) is 0. The van der Waals surface area contributed by atoms with Gasteiger partial charge in [0.15, 0.2) is 0 Å². The van der Waals surface area contributed by atoms with Crippen molar-refractivity contribution in [3.63, 3.8) is 0 Å². The van der Waals surface area contributed by atoms with Gasteiger partial charge < -0.3 is 0 Å². The maximum absolute atomic E-state index is 13.2. The average molecular weight is 321 g/mol. The van der Waals surface area contributed by atoms with E-state index in [4.69, 9.17) is 5.26 Å². The number of aromatic nitrogens is 1. The number of thiazole rings is 1. The van der Waals surface area contributed by atoms with Crippen LogP contribution < -0.4 is 0 Å². The van der Waals surface area contributed by atoms with Crippen LogP contribution in [-0.4, -0.2) is 4.98 Å². The Labute approximate surface area is 116 Å².